The molecule has 0 amide bonds. The van der Waals surface area contributed by atoms with Crippen molar-refractivity contribution in [1.29, 1.82) is 0 Å². The van der Waals surface area contributed by atoms with Crippen LogP contribution in [0.3, 0.4) is 0 Å². The Kier molecular flexibility index (Phi) is 4.71. The van der Waals surface area contributed by atoms with Crippen LogP contribution in [0.5, 0.6) is 11.6 Å². The van der Waals surface area contributed by atoms with Crippen molar-refractivity contribution in [3.8, 4) is 11.6 Å². The Morgan fingerprint density at radius 3 is 2.89 bits per heavy atom. The molecule has 0 saturated carbocycles. The van der Waals surface area contributed by atoms with Crippen LogP contribution in [-0.4, -0.2) is 11.5 Å². The van der Waals surface area contributed by atoms with Crippen LogP contribution in [-0.2, 0) is 6.54 Å². The lowest BCUT2D eigenvalue weighted by molar-refractivity contribution is 0.460. The van der Waals surface area contributed by atoms with Crippen LogP contribution in [0.25, 0.3) is 0 Å². The Morgan fingerprint density at radius 2 is 2.16 bits per heavy atom. The lowest BCUT2D eigenvalue weighted by Gasteiger charge is -2.08. The summed E-state index contributed by atoms with van der Waals surface area (Å²) in [5.41, 5.74) is 1.06. The molecule has 5 heteroatoms. The molecular weight excluding hydrogens is 267 g/mol. The second-order valence-electron chi connectivity index (χ2n) is 3.96. The molecule has 2 rings (SSSR count). The first-order valence-electron chi connectivity index (χ1n) is 5.97. The molecular formula is C14H14ClFN2O. The average Bonchev–Trinajstić information content (AvgIpc) is 2.40. The van der Waals surface area contributed by atoms with Crippen molar-refractivity contribution in [2.75, 3.05) is 6.54 Å². The van der Waals surface area contributed by atoms with Crippen LogP contribution in [0.15, 0.2) is 36.5 Å². The summed E-state index contributed by atoms with van der Waals surface area (Å²) in [7, 11) is 0. The molecule has 1 aromatic carbocycles. The van der Waals surface area contributed by atoms with E-state index >= 15 is 0 Å². The van der Waals surface area contributed by atoms with Crippen molar-refractivity contribution in [3.63, 3.8) is 0 Å². The highest BCUT2D eigenvalue weighted by atomic mass is 35.5. The fourth-order valence-corrected chi connectivity index (χ4v) is 1.76. The van der Waals surface area contributed by atoms with Crippen molar-refractivity contribution in [1.82, 2.24) is 10.3 Å². The Morgan fingerprint density at radius 1 is 1.32 bits per heavy atom. The third-order valence-corrected chi connectivity index (χ3v) is 2.78. The zero-order valence-corrected chi connectivity index (χ0v) is 11.2. The van der Waals surface area contributed by atoms with Gasteiger partial charge in [-0.1, -0.05) is 18.5 Å². The summed E-state index contributed by atoms with van der Waals surface area (Å²) in [6.45, 7) is 3.67. The predicted octanol–water partition coefficient (Wildman–Crippen LogP) is 3.78. The van der Waals surface area contributed by atoms with Crippen molar-refractivity contribution in [2.24, 2.45) is 0 Å². The molecule has 0 radical (unpaired) electrons. The molecule has 0 aliphatic rings. The maximum absolute atomic E-state index is 12.9. The molecule has 0 aliphatic carbocycles. The van der Waals surface area contributed by atoms with E-state index in [1.165, 1.54) is 18.2 Å². The summed E-state index contributed by atoms with van der Waals surface area (Å²) >= 11 is 5.90. The minimum atomic E-state index is -0.397. The quantitative estimate of drug-likeness (QED) is 0.905. The molecule has 0 unspecified atom stereocenters. The van der Waals surface area contributed by atoms with Gasteiger partial charge in [0.05, 0.1) is 5.02 Å². The van der Waals surface area contributed by atoms with E-state index in [0.717, 1.165) is 18.7 Å². The molecule has 19 heavy (non-hydrogen) atoms. The van der Waals surface area contributed by atoms with Gasteiger partial charge in [0.2, 0.25) is 5.88 Å². The lowest BCUT2D eigenvalue weighted by atomic mass is 10.2. The molecule has 3 nitrogen and oxygen atoms in total. The van der Waals surface area contributed by atoms with Crippen LogP contribution in [0.1, 0.15) is 12.5 Å². The zero-order valence-electron chi connectivity index (χ0n) is 10.5. The third kappa shape index (κ3) is 3.91. The monoisotopic (exact) mass is 280 g/mol. The first kappa shape index (κ1) is 13.8. The van der Waals surface area contributed by atoms with E-state index in [4.69, 9.17) is 16.3 Å². The van der Waals surface area contributed by atoms with E-state index in [1.54, 1.807) is 6.20 Å². The molecule has 0 fully saturated rings. The minimum Gasteiger partial charge on any atom is -0.437 e. The van der Waals surface area contributed by atoms with Gasteiger partial charge in [0.15, 0.2) is 0 Å². The molecule has 2 aromatic rings. The summed E-state index contributed by atoms with van der Waals surface area (Å²) in [4.78, 5) is 4.10. The molecule has 1 heterocycles. The first-order valence-corrected chi connectivity index (χ1v) is 6.35. The smallest absolute Gasteiger partial charge is 0.219 e. The number of halogens is 2. The summed E-state index contributed by atoms with van der Waals surface area (Å²) in [5, 5.41) is 3.44. The van der Waals surface area contributed by atoms with Gasteiger partial charge < -0.3 is 10.1 Å². The van der Waals surface area contributed by atoms with Crippen LogP contribution in [0, 0.1) is 5.82 Å². The number of nitrogens with zero attached hydrogens (tertiary/aromatic N) is 1. The fraction of sp³-hybridized carbons (Fsp3) is 0.214. The predicted molar refractivity (Wildman–Crippen MR) is 73.1 cm³/mol. The normalized spacial score (nSPS) is 10.5. The first-order chi connectivity index (χ1) is 9.19. The number of rotatable bonds is 5. The largest absolute Gasteiger partial charge is 0.437 e. The second-order valence-corrected chi connectivity index (χ2v) is 4.37. The summed E-state index contributed by atoms with van der Waals surface area (Å²) in [6, 6.07) is 7.71. The topological polar surface area (TPSA) is 34.2 Å². The van der Waals surface area contributed by atoms with E-state index in [9.17, 15) is 4.39 Å². The Hall–Kier alpha value is -1.65. The minimum absolute atomic E-state index is 0.221. The number of aromatic nitrogens is 1. The van der Waals surface area contributed by atoms with Crippen LogP contribution < -0.4 is 10.1 Å². The number of ether oxygens (including phenoxy) is 1. The van der Waals surface area contributed by atoms with Gasteiger partial charge >= 0.3 is 0 Å². The fourth-order valence-electron chi connectivity index (χ4n) is 1.56. The summed E-state index contributed by atoms with van der Waals surface area (Å²) in [6.07, 6.45) is 1.67. The highest BCUT2D eigenvalue weighted by molar-refractivity contribution is 6.32. The SMILES string of the molecule is CCNCc1ccnc(Oc2ccc(F)cc2Cl)c1. The third-order valence-electron chi connectivity index (χ3n) is 2.49. The maximum atomic E-state index is 12.9. The van der Waals surface area contributed by atoms with Crippen LogP contribution in [0.4, 0.5) is 4.39 Å². The van der Waals surface area contributed by atoms with E-state index < -0.39 is 5.82 Å². The second kappa shape index (κ2) is 6.50. The Balaban J connectivity index is 2.14. The molecule has 1 N–H and O–H groups in total. The van der Waals surface area contributed by atoms with Gasteiger partial charge in [-0.05, 0) is 36.4 Å². The van der Waals surface area contributed by atoms with Gasteiger partial charge in [-0.2, -0.15) is 0 Å². The lowest BCUT2D eigenvalue weighted by Crippen LogP contribution is -2.11. The molecule has 0 aliphatic heterocycles. The number of hydrogen-bond donors (Lipinski definition) is 1. The Bertz CT molecular complexity index is 563. The summed E-state index contributed by atoms with van der Waals surface area (Å²) in [5.74, 6) is 0.422. The summed E-state index contributed by atoms with van der Waals surface area (Å²) < 4.78 is 18.5. The number of benzene rings is 1. The maximum Gasteiger partial charge on any atom is 0.219 e. The van der Waals surface area contributed by atoms with Crippen molar-refractivity contribution >= 4 is 11.6 Å². The van der Waals surface area contributed by atoms with Crippen molar-refractivity contribution in [3.05, 3.63) is 52.9 Å². The molecule has 100 valence electrons. The van der Waals surface area contributed by atoms with Gasteiger partial charge in [-0.15, -0.1) is 0 Å². The van der Waals surface area contributed by atoms with Gasteiger partial charge in [0.25, 0.3) is 0 Å². The van der Waals surface area contributed by atoms with E-state index in [2.05, 4.69) is 10.3 Å². The van der Waals surface area contributed by atoms with Gasteiger partial charge in [0.1, 0.15) is 11.6 Å². The van der Waals surface area contributed by atoms with E-state index in [1.807, 2.05) is 19.1 Å². The molecule has 0 saturated heterocycles. The molecule has 0 spiro atoms. The standard InChI is InChI=1S/C14H14ClFN2O/c1-2-17-9-10-5-6-18-14(7-10)19-13-4-3-11(16)8-12(13)15/h3-8,17H,2,9H2,1H3. The molecule has 0 atom stereocenters. The van der Waals surface area contributed by atoms with Gasteiger partial charge in [-0.3, -0.25) is 0 Å². The number of hydrogen-bond acceptors (Lipinski definition) is 3. The number of nitrogens with one attached hydrogen (secondary N) is 1. The number of pyridine rings is 1. The van der Waals surface area contributed by atoms with Gasteiger partial charge in [-0.25, -0.2) is 9.37 Å². The van der Waals surface area contributed by atoms with Crippen LogP contribution in [0.2, 0.25) is 5.02 Å². The van der Waals surface area contributed by atoms with Crippen molar-refractivity contribution in [2.45, 2.75) is 13.5 Å². The highest BCUT2D eigenvalue weighted by Crippen LogP contribution is 2.29. The van der Waals surface area contributed by atoms with Crippen LogP contribution >= 0.6 is 11.6 Å². The highest BCUT2D eigenvalue weighted by Gasteiger charge is 2.06. The van der Waals surface area contributed by atoms with Gasteiger partial charge in [0, 0.05) is 18.8 Å². The molecule has 1 aromatic heterocycles. The van der Waals surface area contributed by atoms with Crippen molar-refractivity contribution < 1.29 is 9.13 Å². The van der Waals surface area contributed by atoms with E-state index in [0.29, 0.717) is 11.6 Å². The van der Waals surface area contributed by atoms with E-state index in [-0.39, 0.29) is 5.02 Å². The zero-order chi connectivity index (χ0) is 13.7. The average molecular weight is 281 g/mol. The molecule has 0 bridgehead atoms. The Labute approximate surface area is 116 Å².